The van der Waals surface area contributed by atoms with Gasteiger partial charge in [0.05, 0.1) is 10.7 Å². The zero-order chi connectivity index (χ0) is 15.3. The molecule has 0 aliphatic carbocycles. The second kappa shape index (κ2) is 6.44. The predicted molar refractivity (Wildman–Crippen MR) is 72.8 cm³/mol. The van der Waals surface area contributed by atoms with E-state index in [1.165, 1.54) is 12.1 Å². The van der Waals surface area contributed by atoms with Gasteiger partial charge in [-0.2, -0.15) is 0 Å². The largest absolute Gasteiger partial charge is 0.352 e. The lowest BCUT2D eigenvalue weighted by atomic mass is 10.1. The summed E-state index contributed by atoms with van der Waals surface area (Å²) in [4.78, 5) is 22.2. The van der Waals surface area contributed by atoms with E-state index in [0.717, 1.165) is 0 Å². The van der Waals surface area contributed by atoms with E-state index in [9.17, 15) is 23.3 Å². The molecule has 0 saturated carbocycles. The summed E-state index contributed by atoms with van der Waals surface area (Å²) < 4.78 is 21.4. The molecule has 1 aromatic rings. The third-order valence-electron chi connectivity index (χ3n) is 2.57. The van der Waals surface area contributed by atoms with E-state index >= 15 is 0 Å². The Morgan fingerprint density at radius 3 is 2.65 bits per heavy atom. The Morgan fingerprint density at radius 2 is 2.10 bits per heavy atom. The van der Waals surface area contributed by atoms with Gasteiger partial charge in [-0.05, 0) is 18.9 Å². The quantitative estimate of drug-likeness (QED) is 0.443. The summed E-state index contributed by atoms with van der Waals surface area (Å²) in [5, 5.41) is 18.1. The van der Waals surface area contributed by atoms with Crippen LogP contribution in [0.25, 0.3) is 0 Å². The maximum Gasteiger partial charge on any atom is 0.282 e. The standard InChI is InChI=1S/C11H15N3O5S/c1-8-4-2-5-9(14(16)17)10(8)11(15)13-6-3-7-20(12,18)19/h2,4-5H,3,6-7H2,1H3,(H,13,15)(H2,12,18,19). The van der Waals surface area contributed by atoms with Crippen LogP contribution in [0.5, 0.6) is 0 Å². The number of hydrogen-bond acceptors (Lipinski definition) is 5. The number of nitro groups is 1. The van der Waals surface area contributed by atoms with E-state index in [4.69, 9.17) is 5.14 Å². The fraction of sp³-hybridized carbons (Fsp3) is 0.364. The molecule has 0 aromatic heterocycles. The van der Waals surface area contributed by atoms with Crippen molar-refractivity contribution in [2.45, 2.75) is 13.3 Å². The van der Waals surface area contributed by atoms with Gasteiger partial charge in [0.1, 0.15) is 5.56 Å². The number of carbonyl (C=O) groups excluding carboxylic acids is 1. The first-order valence-corrected chi connectivity index (χ1v) is 7.46. The fourth-order valence-electron chi connectivity index (χ4n) is 1.66. The van der Waals surface area contributed by atoms with Gasteiger partial charge >= 0.3 is 0 Å². The fourth-order valence-corrected chi connectivity index (χ4v) is 2.21. The lowest BCUT2D eigenvalue weighted by Gasteiger charge is -2.07. The molecule has 0 fully saturated rings. The molecule has 1 rings (SSSR count). The first-order chi connectivity index (χ1) is 9.22. The van der Waals surface area contributed by atoms with Gasteiger partial charge in [-0.25, -0.2) is 13.6 Å². The van der Waals surface area contributed by atoms with Gasteiger partial charge in [0, 0.05) is 12.6 Å². The Hall–Kier alpha value is -2.00. The maximum absolute atomic E-state index is 11.9. The van der Waals surface area contributed by atoms with Crippen LogP contribution in [0.15, 0.2) is 18.2 Å². The summed E-state index contributed by atoms with van der Waals surface area (Å²) in [6.45, 7) is 1.66. The molecule has 0 heterocycles. The predicted octanol–water partition coefficient (Wildman–Crippen LogP) is 0.312. The molecule has 0 saturated heterocycles. The van der Waals surface area contributed by atoms with E-state index in [-0.39, 0.29) is 30.0 Å². The van der Waals surface area contributed by atoms with Crippen LogP contribution in [-0.4, -0.2) is 31.5 Å². The van der Waals surface area contributed by atoms with Gasteiger partial charge in [-0.1, -0.05) is 12.1 Å². The van der Waals surface area contributed by atoms with E-state index in [1.54, 1.807) is 13.0 Å². The average molecular weight is 301 g/mol. The highest BCUT2D eigenvalue weighted by atomic mass is 32.2. The summed E-state index contributed by atoms with van der Waals surface area (Å²) in [5.41, 5.74) is 0.171. The van der Waals surface area contributed by atoms with Crippen LogP contribution >= 0.6 is 0 Å². The lowest BCUT2D eigenvalue weighted by Crippen LogP contribution is -2.28. The maximum atomic E-state index is 11.9. The van der Waals surface area contributed by atoms with E-state index in [1.807, 2.05) is 0 Å². The first-order valence-electron chi connectivity index (χ1n) is 5.75. The minimum Gasteiger partial charge on any atom is -0.352 e. The normalized spacial score (nSPS) is 11.1. The summed E-state index contributed by atoms with van der Waals surface area (Å²) in [5.74, 6) is -0.868. The lowest BCUT2D eigenvalue weighted by molar-refractivity contribution is -0.385. The van der Waals surface area contributed by atoms with Crippen LogP contribution in [0.2, 0.25) is 0 Å². The zero-order valence-electron chi connectivity index (χ0n) is 10.8. The molecule has 20 heavy (non-hydrogen) atoms. The number of amides is 1. The molecular weight excluding hydrogens is 286 g/mol. The van der Waals surface area contributed by atoms with Gasteiger partial charge in [0.25, 0.3) is 11.6 Å². The first kappa shape index (κ1) is 16.1. The van der Waals surface area contributed by atoms with E-state index in [2.05, 4.69) is 5.32 Å². The number of rotatable bonds is 6. The van der Waals surface area contributed by atoms with Crippen molar-refractivity contribution in [1.29, 1.82) is 0 Å². The van der Waals surface area contributed by atoms with Crippen molar-refractivity contribution in [2.75, 3.05) is 12.3 Å². The molecule has 0 unspecified atom stereocenters. The highest BCUT2D eigenvalue weighted by molar-refractivity contribution is 7.89. The number of hydrogen-bond donors (Lipinski definition) is 2. The summed E-state index contributed by atoms with van der Waals surface area (Å²) >= 11 is 0. The molecule has 0 spiro atoms. The molecule has 1 amide bonds. The molecule has 8 nitrogen and oxygen atoms in total. The van der Waals surface area contributed by atoms with Crippen LogP contribution in [0, 0.1) is 17.0 Å². The smallest absolute Gasteiger partial charge is 0.282 e. The summed E-state index contributed by atoms with van der Waals surface area (Å²) in [7, 11) is -3.58. The van der Waals surface area contributed by atoms with Gasteiger partial charge < -0.3 is 5.32 Å². The molecule has 9 heteroatoms. The molecule has 0 bridgehead atoms. The Balaban J connectivity index is 2.76. The van der Waals surface area contributed by atoms with Crippen LogP contribution in [0.3, 0.4) is 0 Å². The molecule has 110 valence electrons. The number of benzene rings is 1. The molecule has 0 atom stereocenters. The molecule has 0 aliphatic rings. The van der Waals surface area contributed by atoms with Crippen molar-refractivity contribution in [2.24, 2.45) is 5.14 Å². The van der Waals surface area contributed by atoms with Crippen molar-refractivity contribution >= 4 is 21.6 Å². The summed E-state index contributed by atoms with van der Waals surface area (Å²) in [6, 6.07) is 4.32. The summed E-state index contributed by atoms with van der Waals surface area (Å²) in [6.07, 6.45) is 0.143. The van der Waals surface area contributed by atoms with Crippen LogP contribution in [0.4, 0.5) is 5.69 Å². The highest BCUT2D eigenvalue weighted by Crippen LogP contribution is 2.21. The van der Waals surface area contributed by atoms with Crippen molar-refractivity contribution in [3.8, 4) is 0 Å². The van der Waals surface area contributed by atoms with Gasteiger partial charge in [0.2, 0.25) is 10.0 Å². The number of nitrogens with two attached hydrogens (primary N) is 1. The number of nitrogens with one attached hydrogen (secondary N) is 1. The second-order valence-electron chi connectivity index (χ2n) is 4.20. The van der Waals surface area contributed by atoms with Crippen LogP contribution in [0.1, 0.15) is 22.3 Å². The minimum atomic E-state index is -3.58. The molecular formula is C11H15N3O5S. The van der Waals surface area contributed by atoms with Gasteiger partial charge in [-0.15, -0.1) is 0 Å². The Morgan fingerprint density at radius 1 is 1.45 bits per heavy atom. The zero-order valence-corrected chi connectivity index (χ0v) is 11.6. The molecule has 3 N–H and O–H groups in total. The minimum absolute atomic E-state index is 0.0203. The molecule has 1 aromatic carbocycles. The Bertz CT molecular complexity index is 627. The van der Waals surface area contributed by atoms with Gasteiger partial charge in [0.15, 0.2) is 0 Å². The Labute approximate surface area is 116 Å². The average Bonchev–Trinajstić information content (AvgIpc) is 2.32. The van der Waals surface area contributed by atoms with Crippen LogP contribution < -0.4 is 10.5 Å². The van der Waals surface area contributed by atoms with Crippen molar-refractivity contribution in [3.05, 3.63) is 39.4 Å². The third kappa shape index (κ3) is 4.59. The number of primary sulfonamides is 1. The molecule has 0 aliphatic heterocycles. The number of nitro benzene ring substituents is 1. The Kier molecular flexibility index (Phi) is 5.17. The van der Waals surface area contributed by atoms with Crippen LogP contribution in [-0.2, 0) is 10.0 Å². The van der Waals surface area contributed by atoms with Crippen molar-refractivity contribution in [3.63, 3.8) is 0 Å². The number of aryl methyl sites for hydroxylation is 1. The number of carbonyl (C=O) groups is 1. The number of sulfonamides is 1. The monoisotopic (exact) mass is 301 g/mol. The molecule has 0 radical (unpaired) electrons. The van der Waals surface area contributed by atoms with Crippen molar-refractivity contribution in [1.82, 2.24) is 5.32 Å². The van der Waals surface area contributed by atoms with Crippen molar-refractivity contribution < 1.29 is 18.1 Å². The SMILES string of the molecule is Cc1cccc([N+](=O)[O-])c1C(=O)NCCCS(N)(=O)=O. The second-order valence-corrected chi connectivity index (χ2v) is 5.94. The topological polar surface area (TPSA) is 132 Å². The van der Waals surface area contributed by atoms with E-state index < -0.39 is 20.9 Å². The number of nitrogens with zero attached hydrogens (tertiary/aromatic N) is 1. The van der Waals surface area contributed by atoms with E-state index in [0.29, 0.717) is 5.56 Å². The van der Waals surface area contributed by atoms with Gasteiger partial charge in [-0.3, -0.25) is 14.9 Å². The third-order valence-corrected chi connectivity index (χ3v) is 3.42. The highest BCUT2D eigenvalue weighted by Gasteiger charge is 2.21.